The van der Waals surface area contributed by atoms with Gasteiger partial charge in [-0.2, -0.15) is 0 Å². The van der Waals surface area contributed by atoms with Gasteiger partial charge in [-0.25, -0.2) is 14.8 Å². The smallest absolute Gasteiger partial charge is 0.337 e. The summed E-state index contributed by atoms with van der Waals surface area (Å²) in [6, 6.07) is 10.6. The van der Waals surface area contributed by atoms with Crippen LogP contribution in [0.15, 0.2) is 46.2 Å². The second kappa shape index (κ2) is 8.26. The standard InChI is InChI=1S/C20H20N4O3S/c1-11-5-4-6-12(2)17(11)24-20(21)28-10-16-22-15-9-13(19(26)27-3)7-8-14(15)18(25)23-16/h4-9H,10H2,1-3H3,(H2,21,24)(H,22,23,25). The molecule has 7 nitrogen and oxygen atoms in total. The monoisotopic (exact) mass is 396 g/mol. The van der Waals surface area contributed by atoms with Gasteiger partial charge in [0.05, 0.1) is 35.0 Å². The van der Waals surface area contributed by atoms with E-state index in [2.05, 4.69) is 15.0 Å². The Morgan fingerprint density at radius 1 is 1.25 bits per heavy atom. The van der Waals surface area contributed by atoms with E-state index in [9.17, 15) is 9.59 Å². The Labute approximate surface area is 166 Å². The number of H-pyrrole nitrogens is 1. The molecule has 0 spiro atoms. The van der Waals surface area contributed by atoms with Crippen LogP contribution in [0.3, 0.4) is 0 Å². The molecule has 3 rings (SSSR count). The van der Waals surface area contributed by atoms with Gasteiger partial charge < -0.3 is 15.5 Å². The molecule has 0 amide bonds. The van der Waals surface area contributed by atoms with Crippen molar-refractivity contribution in [2.75, 3.05) is 7.11 Å². The van der Waals surface area contributed by atoms with Gasteiger partial charge in [-0.05, 0) is 43.2 Å². The maximum atomic E-state index is 12.3. The Bertz CT molecular complexity index is 1120. The highest BCUT2D eigenvalue weighted by molar-refractivity contribution is 8.13. The van der Waals surface area contributed by atoms with Gasteiger partial charge in [0.1, 0.15) is 5.82 Å². The summed E-state index contributed by atoms with van der Waals surface area (Å²) in [5, 5.41) is 0.780. The topological polar surface area (TPSA) is 110 Å². The summed E-state index contributed by atoms with van der Waals surface area (Å²) in [4.78, 5) is 35.6. The average Bonchev–Trinajstić information content (AvgIpc) is 2.68. The van der Waals surface area contributed by atoms with Crippen LogP contribution < -0.4 is 11.3 Å². The Morgan fingerprint density at radius 3 is 2.64 bits per heavy atom. The lowest BCUT2D eigenvalue weighted by atomic mass is 10.1. The van der Waals surface area contributed by atoms with E-state index in [0.717, 1.165) is 16.8 Å². The molecular formula is C20H20N4O3S. The van der Waals surface area contributed by atoms with Crippen molar-refractivity contribution in [1.82, 2.24) is 9.97 Å². The average molecular weight is 396 g/mol. The molecule has 2 aromatic carbocycles. The van der Waals surface area contributed by atoms with Gasteiger partial charge in [0, 0.05) is 0 Å². The van der Waals surface area contributed by atoms with Gasteiger partial charge in [0.15, 0.2) is 5.17 Å². The maximum absolute atomic E-state index is 12.3. The first-order chi connectivity index (χ1) is 13.4. The number of amidine groups is 1. The molecule has 0 aliphatic rings. The highest BCUT2D eigenvalue weighted by Gasteiger charge is 2.10. The molecule has 28 heavy (non-hydrogen) atoms. The number of aliphatic imine (C=N–C) groups is 1. The summed E-state index contributed by atoms with van der Waals surface area (Å²) in [6.07, 6.45) is 0. The largest absolute Gasteiger partial charge is 0.465 e. The van der Waals surface area contributed by atoms with Crippen LogP contribution in [0.25, 0.3) is 10.9 Å². The van der Waals surface area contributed by atoms with Crippen molar-refractivity contribution in [3.63, 3.8) is 0 Å². The van der Waals surface area contributed by atoms with Crippen molar-refractivity contribution in [2.45, 2.75) is 19.6 Å². The number of nitrogens with zero attached hydrogens (tertiary/aromatic N) is 2. The van der Waals surface area contributed by atoms with Crippen molar-refractivity contribution in [2.24, 2.45) is 10.7 Å². The van der Waals surface area contributed by atoms with Crippen LogP contribution in [-0.2, 0) is 10.5 Å². The van der Waals surface area contributed by atoms with E-state index in [-0.39, 0.29) is 5.56 Å². The minimum absolute atomic E-state index is 0.276. The number of hydrogen-bond acceptors (Lipinski definition) is 6. The summed E-state index contributed by atoms with van der Waals surface area (Å²) in [5.41, 5.74) is 9.46. The van der Waals surface area contributed by atoms with Gasteiger partial charge in [0.25, 0.3) is 5.56 Å². The van der Waals surface area contributed by atoms with Crippen molar-refractivity contribution >= 4 is 39.5 Å². The van der Waals surface area contributed by atoms with Crippen LogP contribution in [-0.4, -0.2) is 28.2 Å². The molecule has 1 heterocycles. The van der Waals surface area contributed by atoms with Crippen molar-refractivity contribution in [3.8, 4) is 0 Å². The quantitative estimate of drug-likeness (QED) is 0.398. The number of methoxy groups -OCH3 is 1. The number of thioether (sulfide) groups is 1. The first-order valence-corrected chi connectivity index (χ1v) is 9.52. The number of nitrogens with one attached hydrogen (secondary N) is 1. The Kier molecular flexibility index (Phi) is 5.79. The lowest BCUT2D eigenvalue weighted by Gasteiger charge is -2.07. The first-order valence-electron chi connectivity index (χ1n) is 8.53. The van der Waals surface area contributed by atoms with Gasteiger partial charge in [-0.3, -0.25) is 4.79 Å². The highest BCUT2D eigenvalue weighted by Crippen LogP contribution is 2.24. The summed E-state index contributed by atoms with van der Waals surface area (Å²) in [6.45, 7) is 3.95. The van der Waals surface area contributed by atoms with E-state index in [1.165, 1.54) is 24.9 Å². The fourth-order valence-electron chi connectivity index (χ4n) is 2.77. The third-order valence-corrected chi connectivity index (χ3v) is 5.00. The molecule has 0 aliphatic heterocycles. The Hall–Kier alpha value is -3.13. The summed E-state index contributed by atoms with van der Waals surface area (Å²) >= 11 is 1.28. The van der Waals surface area contributed by atoms with Gasteiger partial charge in [-0.15, -0.1) is 0 Å². The molecular weight excluding hydrogens is 376 g/mol. The predicted molar refractivity (Wildman–Crippen MR) is 112 cm³/mol. The van der Waals surface area contributed by atoms with Crippen LogP contribution in [0, 0.1) is 13.8 Å². The fraction of sp³-hybridized carbons (Fsp3) is 0.200. The molecule has 8 heteroatoms. The molecule has 0 saturated carbocycles. The molecule has 3 aromatic rings. The van der Waals surface area contributed by atoms with Crippen LogP contribution in [0.2, 0.25) is 0 Å². The normalized spacial score (nSPS) is 11.6. The first kappa shape index (κ1) is 19.6. The second-order valence-electron chi connectivity index (χ2n) is 6.22. The number of aromatic nitrogens is 2. The number of esters is 1. The zero-order chi connectivity index (χ0) is 20.3. The van der Waals surface area contributed by atoms with Crippen LogP contribution >= 0.6 is 11.8 Å². The third kappa shape index (κ3) is 4.23. The molecule has 0 aliphatic carbocycles. The summed E-state index contributed by atoms with van der Waals surface area (Å²) in [7, 11) is 1.30. The van der Waals surface area contributed by atoms with Gasteiger partial charge in [-0.1, -0.05) is 30.0 Å². The van der Waals surface area contributed by atoms with Gasteiger partial charge in [0.2, 0.25) is 0 Å². The lowest BCUT2D eigenvalue weighted by molar-refractivity contribution is 0.0601. The zero-order valence-electron chi connectivity index (χ0n) is 15.8. The molecule has 1 aromatic heterocycles. The number of fused-ring (bicyclic) bond motifs is 1. The number of para-hydroxylation sites is 1. The molecule has 0 atom stereocenters. The number of hydrogen-bond donors (Lipinski definition) is 2. The molecule has 0 saturated heterocycles. The lowest BCUT2D eigenvalue weighted by Crippen LogP contribution is -2.14. The van der Waals surface area contributed by atoms with E-state index < -0.39 is 5.97 Å². The number of ether oxygens (including phenoxy) is 1. The number of carbonyl (C=O) groups excluding carboxylic acids is 1. The molecule has 0 fully saturated rings. The number of aromatic amines is 1. The number of nitrogens with two attached hydrogens (primary N) is 1. The number of aryl methyl sites for hydroxylation is 2. The SMILES string of the molecule is COC(=O)c1ccc2c(=O)[nH]c(CSC(N)=Nc3c(C)cccc3C)nc2c1. The second-order valence-corrected chi connectivity index (χ2v) is 7.21. The summed E-state index contributed by atoms with van der Waals surface area (Å²) < 4.78 is 4.71. The van der Waals surface area contributed by atoms with E-state index in [0.29, 0.717) is 33.2 Å². The number of carbonyl (C=O) groups is 1. The molecule has 3 N–H and O–H groups in total. The van der Waals surface area contributed by atoms with E-state index >= 15 is 0 Å². The van der Waals surface area contributed by atoms with Crippen molar-refractivity contribution < 1.29 is 9.53 Å². The fourth-order valence-corrected chi connectivity index (χ4v) is 3.35. The number of benzene rings is 2. The minimum atomic E-state index is -0.482. The molecule has 0 bridgehead atoms. The van der Waals surface area contributed by atoms with Crippen LogP contribution in [0.4, 0.5) is 5.69 Å². The molecule has 0 radical (unpaired) electrons. The minimum Gasteiger partial charge on any atom is -0.465 e. The van der Waals surface area contributed by atoms with Gasteiger partial charge >= 0.3 is 5.97 Å². The Balaban J connectivity index is 1.85. The third-order valence-electron chi connectivity index (χ3n) is 4.19. The highest BCUT2D eigenvalue weighted by atomic mass is 32.2. The van der Waals surface area contributed by atoms with Crippen LogP contribution in [0.1, 0.15) is 27.3 Å². The molecule has 0 unspecified atom stereocenters. The number of rotatable bonds is 4. The van der Waals surface area contributed by atoms with Crippen molar-refractivity contribution in [3.05, 3.63) is 69.3 Å². The maximum Gasteiger partial charge on any atom is 0.337 e. The predicted octanol–water partition coefficient (Wildman–Crippen LogP) is 3.21. The van der Waals surface area contributed by atoms with Crippen LogP contribution in [0.5, 0.6) is 0 Å². The Morgan fingerprint density at radius 2 is 1.96 bits per heavy atom. The summed E-state index contributed by atoms with van der Waals surface area (Å²) in [5.74, 6) is 0.308. The molecule has 144 valence electrons. The van der Waals surface area contributed by atoms with E-state index in [4.69, 9.17) is 10.5 Å². The van der Waals surface area contributed by atoms with Crippen molar-refractivity contribution in [1.29, 1.82) is 0 Å². The van der Waals surface area contributed by atoms with E-state index in [1.807, 2.05) is 32.0 Å². The van der Waals surface area contributed by atoms with E-state index in [1.54, 1.807) is 12.1 Å². The zero-order valence-corrected chi connectivity index (χ0v) is 16.6.